The number of carbonyl (C=O) groups excluding carboxylic acids is 1. The lowest BCUT2D eigenvalue weighted by Gasteiger charge is -2.26. The number of ether oxygens (including phenoxy) is 3. The zero-order chi connectivity index (χ0) is 14.9. The Labute approximate surface area is 125 Å². The molecule has 0 atom stereocenters. The van der Waals surface area contributed by atoms with Crippen LogP contribution in [-0.4, -0.2) is 56.9 Å². The first-order chi connectivity index (χ1) is 10.3. The summed E-state index contributed by atoms with van der Waals surface area (Å²) in [6.07, 6.45) is 0.986. The second-order valence-corrected chi connectivity index (χ2v) is 4.90. The third-order valence-corrected chi connectivity index (χ3v) is 3.36. The van der Waals surface area contributed by atoms with Gasteiger partial charge in [-0.15, -0.1) is 0 Å². The Kier molecular flexibility index (Phi) is 6.50. The maximum Gasteiger partial charge on any atom is 0.338 e. The minimum atomic E-state index is -0.295. The van der Waals surface area contributed by atoms with Crippen LogP contribution in [0, 0.1) is 0 Å². The molecule has 0 radical (unpaired) electrons. The average Bonchev–Trinajstić information content (AvgIpc) is 2.53. The van der Waals surface area contributed by atoms with Gasteiger partial charge in [0.05, 0.1) is 32.0 Å². The molecular weight excluding hydrogens is 270 g/mol. The monoisotopic (exact) mass is 293 g/mol. The number of benzene rings is 1. The van der Waals surface area contributed by atoms with E-state index in [1.807, 2.05) is 0 Å². The van der Waals surface area contributed by atoms with Crippen molar-refractivity contribution in [3.05, 3.63) is 29.8 Å². The van der Waals surface area contributed by atoms with Crippen molar-refractivity contribution in [3.63, 3.8) is 0 Å². The predicted molar refractivity (Wildman–Crippen MR) is 79.8 cm³/mol. The van der Waals surface area contributed by atoms with Crippen LogP contribution in [0.1, 0.15) is 23.7 Å². The molecule has 116 valence electrons. The minimum Gasteiger partial charge on any atom is -0.494 e. The van der Waals surface area contributed by atoms with Crippen LogP contribution in [-0.2, 0) is 9.47 Å². The van der Waals surface area contributed by atoms with E-state index in [1.54, 1.807) is 31.2 Å². The molecule has 0 bridgehead atoms. The van der Waals surface area contributed by atoms with Crippen molar-refractivity contribution in [1.29, 1.82) is 0 Å². The molecule has 1 aliphatic heterocycles. The van der Waals surface area contributed by atoms with E-state index in [-0.39, 0.29) is 5.97 Å². The van der Waals surface area contributed by atoms with Crippen molar-refractivity contribution in [1.82, 2.24) is 4.90 Å². The summed E-state index contributed by atoms with van der Waals surface area (Å²) in [5, 5.41) is 0. The van der Waals surface area contributed by atoms with Gasteiger partial charge < -0.3 is 14.2 Å². The Balaban J connectivity index is 1.67. The zero-order valence-corrected chi connectivity index (χ0v) is 12.5. The Morgan fingerprint density at radius 1 is 1.24 bits per heavy atom. The third-order valence-electron chi connectivity index (χ3n) is 3.36. The third kappa shape index (κ3) is 5.36. The summed E-state index contributed by atoms with van der Waals surface area (Å²) in [5.41, 5.74) is 0.553. The van der Waals surface area contributed by atoms with Crippen LogP contribution < -0.4 is 4.74 Å². The lowest BCUT2D eigenvalue weighted by Crippen LogP contribution is -2.37. The molecule has 1 fully saturated rings. The average molecular weight is 293 g/mol. The number of rotatable bonds is 7. The molecule has 0 saturated carbocycles. The quantitative estimate of drug-likeness (QED) is 0.568. The van der Waals surface area contributed by atoms with Gasteiger partial charge in [0.25, 0.3) is 0 Å². The topological polar surface area (TPSA) is 48.0 Å². The fourth-order valence-electron chi connectivity index (χ4n) is 2.20. The highest BCUT2D eigenvalue weighted by atomic mass is 16.5. The van der Waals surface area contributed by atoms with E-state index in [9.17, 15) is 4.79 Å². The molecule has 0 amide bonds. The van der Waals surface area contributed by atoms with Gasteiger partial charge in [-0.3, -0.25) is 4.90 Å². The Bertz CT molecular complexity index is 426. The Hall–Kier alpha value is -1.59. The Morgan fingerprint density at radius 2 is 1.95 bits per heavy atom. The van der Waals surface area contributed by atoms with E-state index in [0.29, 0.717) is 18.8 Å². The molecule has 0 aromatic heterocycles. The second kappa shape index (κ2) is 8.64. The summed E-state index contributed by atoms with van der Waals surface area (Å²) < 4.78 is 15.9. The van der Waals surface area contributed by atoms with E-state index >= 15 is 0 Å². The molecule has 5 heteroatoms. The van der Waals surface area contributed by atoms with Crippen LogP contribution in [0.15, 0.2) is 24.3 Å². The van der Waals surface area contributed by atoms with Crippen molar-refractivity contribution >= 4 is 5.97 Å². The van der Waals surface area contributed by atoms with E-state index in [2.05, 4.69) is 4.90 Å². The second-order valence-electron chi connectivity index (χ2n) is 4.90. The maximum atomic E-state index is 11.5. The standard InChI is InChI=1S/C16H23NO4/c1-2-20-16(18)14-4-6-15(7-5-14)21-11-3-8-17-9-12-19-13-10-17/h4-7H,2-3,8-13H2,1H3. The van der Waals surface area contributed by atoms with Gasteiger partial charge in [0.1, 0.15) is 5.75 Å². The summed E-state index contributed by atoms with van der Waals surface area (Å²) in [7, 11) is 0. The number of morpholine rings is 1. The SMILES string of the molecule is CCOC(=O)c1ccc(OCCCN2CCOCC2)cc1. The lowest BCUT2D eigenvalue weighted by molar-refractivity contribution is 0.0358. The summed E-state index contributed by atoms with van der Waals surface area (Å²) in [5.74, 6) is 0.487. The van der Waals surface area contributed by atoms with Gasteiger partial charge in [-0.2, -0.15) is 0 Å². The number of esters is 1. The van der Waals surface area contributed by atoms with Gasteiger partial charge >= 0.3 is 5.97 Å². The van der Waals surface area contributed by atoms with Gasteiger partial charge in [0.2, 0.25) is 0 Å². The van der Waals surface area contributed by atoms with Gasteiger partial charge in [-0.1, -0.05) is 0 Å². The van der Waals surface area contributed by atoms with Crippen LogP contribution in [0.4, 0.5) is 0 Å². The number of hydrogen-bond acceptors (Lipinski definition) is 5. The minimum absolute atomic E-state index is 0.295. The van der Waals surface area contributed by atoms with Crippen LogP contribution in [0.3, 0.4) is 0 Å². The van der Waals surface area contributed by atoms with Crippen molar-refractivity contribution in [3.8, 4) is 5.75 Å². The van der Waals surface area contributed by atoms with Gasteiger partial charge in [0, 0.05) is 19.6 Å². The lowest BCUT2D eigenvalue weighted by atomic mass is 10.2. The van der Waals surface area contributed by atoms with Crippen LogP contribution >= 0.6 is 0 Å². The first-order valence-electron chi connectivity index (χ1n) is 7.49. The van der Waals surface area contributed by atoms with Crippen LogP contribution in [0.5, 0.6) is 5.75 Å². The van der Waals surface area contributed by atoms with Gasteiger partial charge in [0.15, 0.2) is 0 Å². The smallest absolute Gasteiger partial charge is 0.338 e. The molecule has 5 nitrogen and oxygen atoms in total. The molecular formula is C16H23NO4. The maximum absolute atomic E-state index is 11.5. The number of hydrogen-bond donors (Lipinski definition) is 0. The largest absolute Gasteiger partial charge is 0.494 e. The van der Waals surface area contributed by atoms with Crippen molar-refractivity contribution in [2.24, 2.45) is 0 Å². The van der Waals surface area contributed by atoms with Crippen LogP contribution in [0.2, 0.25) is 0 Å². The molecule has 1 aromatic rings. The van der Waals surface area contributed by atoms with E-state index in [4.69, 9.17) is 14.2 Å². The molecule has 0 N–H and O–H groups in total. The van der Waals surface area contributed by atoms with E-state index in [1.165, 1.54) is 0 Å². The fourth-order valence-corrected chi connectivity index (χ4v) is 2.20. The fraction of sp³-hybridized carbons (Fsp3) is 0.562. The van der Waals surface area contributed by atoms with Crippen molar-refractivity contribution < 1.29 is 19.0 Å². The van der Waals surface area contributed by atoms with Crippen molar-refractivity contribution in [2.75, 3.05) is 46.1 Å². The number of nitrogens with zero attached hydrogens (tertiary/aromatic N) is 1. The van der Waals surface area contributed by atoms with E-state index in [0.717, 1.165) is 45.0 Å². The summed E-state index contributed by atoms with van der Waals surface area (Å²) in [6.45, 7) is 7.57. The van der Waals surface area contributed by atoms with Crippen LogP contribution in [0.25, 0.3) is 0 Å². The van der Waals surface area contributed by atoms with Gasteiger partial charge in [-0.25, -0.2) is 4.79 Å². The summed E-state index contributed by atoms with van der Waals surface area (Å²) >= 11 is 0. The molecule has 0 unspecified atom stereocenters. The molecule has 1 heterocycles. The highest BCUT2D eigenvalue weighted by molar-refractivity contribution is 5.89. The molecule has 2 rings (SSSR count). The van der Waals surface area contributed by atoms with Gasteiger partial charge in [-0.05, 0) is 37.6 Å². The normalized spacial score (nSPS) is 15.7. The first kappa shape index (κ1) is 15.8. The number of carbonyl (C=O) groups is 1. The molecule has 1 saturated heterocycles. The highest BCUT2D eigenvalue weighted by Gasteiger charge is 2.09. The van der Waals surface area contributed by atoms with E-state index < -0.39 is 0 Å². The molecule has 0 spiro atoms. The predicted octanol–water partition coefficient (Wildman–Crippen LogP) is 1.96. The Morgan fingerprint density at radius 3 is 2.62 bits per heavy atom. The summed E-state index contributed by atoms with van der Waals surface area (Å²) in [6, 6.07) is 7.08. The van der Waals surface area contributed by atoms with Crippen molar-refractivity contribution in [2.45, 2.75) is 13.3 Å². The molecule has 0 aliphatic carbocycles. The molecule has 1 aromatic carbocycles. The zero-order valence-electron chi connectivity index (χ0n) is 12.5. The first-order valence-corrected chi connectivity index (χ1v) is 7.49. The molecule has 21 heavy (non-hydrogen) atoms. The highest BCUT2D eigenvalue weighted by Crippen LogP contribution is 2.13. The summed E-state index contributed by atoms with van der Waals surface area (Å²) in [4.78, 5) is 13.9. The molecule has 1 aliphatic rings.